The van der Waals surface area contributed by atoms with Gasteiger partial charge in [-0.1, -0.05) is 19.6 Å². The molecule has 13 heavy (non-hydrogen) atoms. The van der Waals surface area contributed by atoms with E-state index in [0.29, 0.717) is 5.92 Å². The zero-order valence-electron chi connectivity index (χ0n) is 7.92. The SMILES string of the molecule is C=Cc1nc(I)[n]([AlH2])c1[C@@H](C)C=C. The van der Waals surface area contributed by atoms with E-state index >= 15 is 0 Å². The molecule has 0 aliphatic heterocycles. The molecule has 0 radical (unpaired) electrons. The molecular formula is C9H12AlIN2. The van der Waals surface area contributed by atoms with Gasteiger partial charge in [0, 0.05) is 11.6 Å². The summed E-state index contributed by atoms with van der Waals surface area (Å²) < 4.78 is 3.26. The van der Waals surface area contributed by atoms with Crippen LogP contribution in [-0.4, -0.2) is 25.0 Å². The first-order valence-electron chi connectivity index (χ1n) is 4.09. The van der Waals surface area contributed by atoms with Crippen molar-refractivity contribution in [1.29, 1.82) is 0 Å². The normalized spacial score (nSPS) is 12.5. The van der Waals surface area contributed by atoms with E-state index in [2.05, 4.69) is 51.2 Å². The molecule has 0 saturated heterocycles. The number of rotatable bonds is 3. The summed E-state index contributed by atoms with van der Waals surface area (Å²) in [5, 5.41) is 0. The number of hydrogen-bond donors (Lipinski definition) is 0. The monoisotopic (exact) mass is 302 g/mol. The van der Waals surface area contributed by atoms with Crippen LogP contribution in [0.2, 0.25) is 0 Å². The second-order valence-corrected chi connectivity index (χ2v) is 4.80. The molecule has 0 bridgehead atoms. The molecule has 0 N–H and O–H groups in total. The number of halogens is 1. The molecule has 0 amide bonds. The highest BCUT2D eigenvalue weighted by molar-refractivity contribution is 14.1. The van der Waals surface area contributed by atoms with Crippen LogP contribution >= 0.6 is 22.6 Å². The summed E-state index contributed by atoms with van der Waals surface area (Å²) in [5.74, 6) is 0.349. The average molecular weight is 302 g/mol. The van der Waals surface area contributed by atoms with E-state index in [1.807, 2.05) is 12.2 Å². The fraction of sp³-hybridized carbons (Fsp3) is 0.222. The number of allylic oxidation sites excluding steroid dienone is 1. The van der Waals surface area contributed by atoms with Crippen LogP contribution in [0.25, 0.3) is 6.08 Å². The zero-order chi connectivity index (χ0) is 10.0. The van der Waals surface area contributed by atoms with E-state index < -0.39 is 0 Å². The van der Waals surface area contributed by atoms with Crippen LogP contribution in [0.1, 0.15) is 24.2 Å². The summed E-state index contributed by atoms with van der Waals surface area (Å²) in [6, 6.07) is 0. The summed E-state index contributed by atoms with van der Waals surface area (Å²) in [6.07, 6.45) is 3.75. The molecule has 0 aromatic carbocycles. The van der Waals surface area contributed by atoms with Gasteiger partial charge >= 0.3 is 16.5 Å². The van der Waals surface area contributed by atoms with Crippen molar-refractivity contribution in [1.82, 2.24) is 8.53 Å². The molecule has 1 atom stereocenters. The third-order valence-electron chi connectivity index (χ3n) is 2.09. The molecule has 1 heterocycles. The van der Waals surface area contributed by atoms with Crippen LogP contribution in [0, 0.1) is 3.83 Å². The number of imidazole rings is 1. The standard InChI is InChI=1S/C9H10IN2.Al.2H/c1-4-6(3)8-7(5-2)11-9(10)12-8;;;/h4-6H,1-2H2,3H3;;;/q-1;+1;;/t6-;;;/m0.../s1. The lowest BCUT2D eigenvalue weighted by Crippen LogP contribution is -2.04. The lowest BCUT2D eigenvalue weighted by molar-refractivity contribution is 0.887. The van der Waals surface area contributed by atoms with Gasteiger partial charge in [0.05, 0.1) is 5.69 Å². The van der Waals surface area contributed by atoms with Crippen molar-refractivity contribution < 1.29 is 0 Å². The Hall–Kier alpha value is -0.0475. The van der Waals surface area contributed by atoms with E-state index in [1.165, 1.54) is 5.69 Å². The minimum atomic E-state index is 0.349. The van der Waals surface area contributed by atoms with Gasteiger partial charge in [-0.25, -0.2) is 4.98 Å². The molecular weight excluding hydrogens is 290 g/mol. The summed E-state index contributed by atoms with van der Waals surface area (Å²) >= 11 is 3.21. The van der Waals surface area contributed by atoms with Gasteiger partial charge in [0.1, 0.15) is 3.83 Å². The van der Waals surface area contributed by atoms with Crippen LogP contribution in [-0.2, 0) is 0 Å². The molecule has 0 saturated carbocycles. The van der Waals surface area contributed by atoms with Gasteiger partial charge in [-0.3, -0.25) is 0 Å². The van der Waals surface area contributed by atoms with E-state index in [9.17, 15) is 0 Å². The van der Waals surface area contributed by atoms with E-state index in [-0.39, 0.29) is 0 Å². The minimum Gasteiger partial charge on any atom is -0.423 e. The number of aromatic nitrogens is 2. The van der Waals surface area contributed by atoms with Crippen molar-refractivity contribution in [3.8, 4) is 0 Å². The molecule has 0 unspecified atom stereocenters. The van der Waals surface area contributed by atoms with Crippen LogP contribution in [0.5, 0.6) is 0 Å². The van der Waals surface area contributed by atoms with Crippen molar-refractivity contribution in [3.63, 3.8) is 0 Å². The first kappa shape index (κ1) is 11.0. The van der Waals surface area contributed by atoms with E-state index in [1.54, 1.807) is 0 Å². The number of nitrogens with zero attached hydrogens (tertiary/aromatic N) is 2. The van der Waals surface area contributed by atoms with Gasteiger partial charge in [0.15, 0.2) is 0 Å². The lowest BCUT2D eigenvalue weighted by atomic mass is 10.1. The Labute approximate surface area is 101 Å². The third-order valence-corrected chi connectivity index (χ3v) is 4.87. The van der Waals surface area contributed by atoms with Gasteiger partial charge in [-0.15, -0.1) is 6.58 Å². The Kier molecular flexibility index (Phi) is 3.77. The second kappa shape index (κ2) is 4.45. The maximum atomic E-state index is 4.42. The van der Waals surface area contributed by atoms with Crippen molar-refractivity contribution in [2.75, 3.05) is 0 Å². The fourth-order valence-electron chi connectivity index (χ4n) is 1.30. The van der Waals surface area contributed by atoms with Crippen LogP contribution < -0.4 is 0 Å². The molecule has 0 spiro atoms. The summed E-state index contributed by atoms with van der Waals surface area (Å²) in [6.45, 7) is 9.69. The first-order valence-corrected chi connectivity index (χ1v) is 6.06. The Bertz CT molecular complexity index is 344. The second-order valence-electron chi connectivity index (χ2n) is 2.94. The van der Waals surface area contributed by atoms with E-state index in [4.69, 9.17) is 0 Å². The molecule has 1 rings (SSSR count). The van der Waals surface area contributed by atoms with Gasteiger partial charge < -0.3 is 3.55 Å². The van der Waals surface area contributed by atoms with Crippen molar-refractivity contribution >= 4 is 45.2 Å². The molecule has 68 valence electrons. The highest BCUT2D eigenvalue weighted by Crippen LogP contribution is 2.22. The van der Waals surface area contributed by atoms with Crippen molar-refractivity contribution in [2.24, 2.45) is 0 Å². The number of hydrogen-bond acceptors (Lipinski definition) is 1. The van der Waals surface area contributed by atoms with Gasteiger partial charge in [-0.2, -0.15) is 0 Å². The Morgan fingerprint density at radius 1 is 1.62 bits per heavy atom. The predicted molar refractivity (Wildman–Crippen MR) is 67.6 cm³/mol. The van der Waals surface area contributed by atoms with Crippen molar-refractivity contribution in [2.45, 2.75) is 12.8 Å². The van der Waals surface area contributed by atoms with Gasteiger partial charge in [-0.05, 0) is 28.7 Å². The van der Waals surface area contributed by atoms with Crippen LogP contribution in [0.4, 0.5) is 0 Å². The highest BCUT2D eigenvalue weighted by atomic mass is 127. The molecule has 4 heteroatoms. The quantitative estimate of drug-likeness (QED) is 0.473. The van der Waals surface area contributed by atoms with Crippen molar-refractivity contribution in [3.05, 3.63) is 34.5 Å². The molecule has 2 nitrogen and oxygen atoms in total. The molecule has 1 aromatic heterocycles. The Morgan fingerprint density at radius 3 is 2.69 bits per heavy atom. The van der Waals surface area contributed by atoms with Crippen LogP contribution in [0.15, 0.2) is 19.2 Å². The van der Waals surface area contributed by atoms with Gasteiger partial charge in [0.25, 0.3) is 0 Å². The predicted octanol–water partition coefficient (Wildman–Crippen LogP) is 1.82. The molecule has 0 aliphatic rings. The zero-order valence-corrected chi connectivity index (χ0v) is 12.1. The Morgan fingerprint density at radius 2 is 2.23 bits per heavy atom. The van der Waals surface area contributed by atoms with Crippen LogP contribution in [0.3, 0.4) is 0 Å². The minimum absolute atomic E-state index is 0.349. The molecule has 0 aliphatic carbocycles. The molecule has 0 fully saturated rings. The first-order chi connectivity index (χ1) is 6.11. The van der Waals surface area contributed by atoms with Gasteiger partial charge in [0.2, 0.25) is 0 Å². The molecule has 1 aromatic rings. The fourth-order valence-corrected chi connectivity index (χ4v) is 2.56. The maximum absolute atomic E-state index is 4.42. The smallest absolute Gasteiger partial charge is 0.373 e. The summed E-state index contributed by atoms with van der Waals surface area (Å²) in [7, 11) is 0. The summed E-state index contributed by atoms with van der Waals surface area (Å²) in [4.78, 5) is 4.42. The lowest BCUT2D eigenvalue weighted by Gasteiger charge is -2.09. The van der Waals surface area contributed by atoms with E-state index in [0.717, 1.165) is 26.0 Å². The largest absolute Gasteiger partial charge is 0.423 e. The Balaban J connectivity index is 3.30. The highest BCUT2D eigenvalue weighted by Gasteiger charge is 2.13. The third kappa shape index (κ3) is 2.06. The maximum Gasteiger partial charge on any atom is 0.373 e. The topological polar surface area (TPSA) is 17.8 Å². The summed E-state index contributed by atoms with van der Waals surface area (Å²) in [5.41, 5.74) is 2.23. The average Bonchev–Trinajstić information content (AvgIpc) is 2.42.